The Hall–Kier alpha value is -0.710. The van der Waals surface area contributed by atoms with E-state index in [0.29, 0.717) is 11.8 Å². The van der Waals surface area contributed by atoms with Crippen LogP contribution in [0.4, 0.5) is 8.78 Å². The third-order valence-electron chi connectivity index (χ3n) is 3.98. The number of nitrogens with zero attached hydrogens (tertiary/aromatic N) is 1. The summed E-state index contributed by atoms with van der Waals surface area (Å²) in [4.78, 5) is 13.2. The molecular weight excluding hydrogens is 228 g/mol. The molecule has 2 saturated carbocycles. The number of aliphatic hydroxyl groups is 1. The van der Waals surface area contributed by atoms with Gasteiger partial charge in [-0.05, 0) is 24.7 Å². The Balaban J connectivity index is 1.92. The van der Waals surface area contributed by atoms with E-state index in [4.69, 9.17) is 5.11 Å². The molecule has 2 atom stereocenters. The maximum Gasteiger partial charge on any atom is 0.255 e. The molecule has 2 aliphatic rings. The third kappa shape index (κ3) is 2.76. The van der Waals surface area contributed by atoms with Crippen LogP contribution in [0.3, 0.4) is 0 Å². The van der Waals surface area contributed by atoms with Gasteiger partial charge in [0.1, 0.15) is 0 Å². The van der Waals surface area contributed by atoms with Gasteiger partial charge in [0.05, 0.1) is 13.2 Å². The largest absolute Gasteiger partial charge is 0.395 e. The molecule has 0 aromatic carbocycles. The van der Waals surface area contributed by atoms with Gasteiger partial charge in [-0.25, -0.2) is 8.78 Å². The molecule has 0 heterocycles. The Morgan fingerprint density at radius 2 is 1.88 bits per heavy atom. The SMILES string of the molecule is O=C(C1C2CCCCC21)N(CCO)CC(F)F. The van der Waals surface area contributed by atoms with Gasteiger partial charge in [-0.1, -0.05) is 12.8 Å². The first kappa shape index (κ1) is 12.7. The van der Waals surface area contributed by atoms with Crippen molar-refractivity contribution in [2.24, 2.45) is 17.8 Å². The number of carbonyl (C=O) groups is 1. The molecule has 5 heteroatoms. The molecule has 1 N–H and O–H groups in total. The Morgan fingerprint density at radius 1 is 1.29 bits per heavy atom. The molecule has 0 bridgehead atoms. The number of halogens is 2. The lowest BCUT2D eigenvalue weighted by molar-refractivity contribution is -0.135. The van der Waals surface area contributed by atoms with Crippen molar-refractivity contribution in [3.8, 4) is 0 Å². The molecule has 0 spiro atoms. The maximum absolute atomic E-state index is 12.3. The first-order chi connectivity index (χ1) is 8.15. The van der Waals surface area contributed by atoms with E-state index in [1.807, 2.05) is 0 Å². The summed E-state index contributed by atoms with van der Waals surface area (Å²) in [6.45, 7) is -0.769. The summed E-state index contributed by atoms with van der Waals surface area (Å²) >= 11 is 0. The second-order valence-electron chi connectivity index (χ2n) is 5.04. The van der Waals surface area contributed by atoms with Gasteiger partial charge in [0, 0.05) is 12.5 Å². The van der Waals surface area contributed by atoms with Crippen LogP contribution < -0.4 is 0 Å². The van der Waals surface area contributed by atoms with Gasteiger partial charge in [0.2, 0.25) is 5.91 Å². The minimum absolute atomic E-state index is 0.0269. The van der Waals surface area contributed by atoms with Crippen molar-refractivity contribution in [3.63, 3.8) is 0 Å². The van der Waals surface area contributed by atoms with E-state index in [2.05, 4.69) is 0 Å². The fraction of sp³-hybridized carbons (Fsp3) is 0.917. The van der Waals surface area contributed by atoms with Crippen molar-refractivity contribution in [2.45, 2.75) is 32.1 Å². The van der Waals surface area contributed by atoms with Gasteiger partial charge >= 0.3 is 0 Å². The number of amides is 1. The summed E-state index contributed by atoms with van der Waals surface area (Å²) in [6, 6.07) is 0. The van der Waals surface area contributed by atoms with E-state index in [9.17, 15) is 13.6 Å². The number of hydrogen-bond acceptors (Lipinski definition) is 2. The van der Waals surface area contributed by atoms with Gasteiger partial charge in [-0.2, -0.15) is 0 Å². The van der Waals surface area contributed by atoms with Crippen LogP contribution in [-0.4, -0.2) is 42.0 Å². The van der Waals surface area contributed by atoms with Crippen LogP contribution in [0.5, 0.6) is 0 Å². The minimum atomic E-state index is -2.52. The molecule has 17 heavy (non-hydrogen) atoms. The Labute approximate surface area is 99.8 Å². The summed E-state index contributed by atoms with van der Waals surface area (Å²) < 4.78 is 24.7. The number of alkyl halides is 2. The highest BCUT2D eigenvalue weighted by molar-refractivity contribution is 5.82. The Morgan fingerprint density at radius 3 is 2.35 bits per heavy atom. The van der Waals surface area contributed by atoms with Crippen LogP contribution in [0.15, 0.2) is 0 Å². The molecule has 0 aromatic rings. The molecule has 1 amide bonds. The Bertz CT molecular complexity index is 274. The normalized spacial score (nSPS) is 31.2. The lowest BCUT2D eigenvalue weighted by Gasteiger charge is -2.21. The van der Waals surface area contributed by atoms with Crippen molar-refractivity contribution in [1.82, 2.24) is 4.90 Å². The first-order valence-electron chi connectivity index (χ1n) is 6.33. The van der Waals surface area contributed by atoms with Gasteiger partial charge in [0.25, 0.3) is 6.43 Å². The fourth-order valence-electron chi connectivity index (χ4n) is 3.15. The third-order valence-corrected chi connectivity index (χ3v) is 3.98. The van der Waals surface area contributed by atoms with Crippen molar-refractivity contribution >= 4 is 5.91 Å². The molecule has 0 aromatic heterocycles. The topological polar surface area (TPSA) is 40.5 Å². The molecule has 0 saturated heterocycles. The van der Waals surface area contributed by atoms with Crippen molar-refractivity contribution in [3.05, 3.63) is 0 Å². The predicted molar refractivity (Wildman–Crippen MR) is 58.6 cm³/mol. The van der Waals surface area contributed by atoms with Crippen LogP contribution in [0.2, 0.25) is 0 Å². The van der Waals surface area contributed by atoms with Crippen LogP contribution >= 0.6 is 0 Å². The molecule has 2 rings (SSSR count). The average Bonchev–Trinajstić information content (AvgIpc) is 3.01. The van der Waals surface area contributed by atoms with Gasteiger partial charge < -0.3 is 10.0 Å². The lowest BCUT2D eigenvalue weighted by Crippen LogP contribution is -2.38. The van der Waals surface area contributed by atoms with Crippen LogP contribution in [0.25, 0.3) is 0 Å². The van der Waals surface area contributed by atoms with E-state index < -0.39 is 13.0 Å². The fourth-order valence-corrected chi connectivity index (χ4v) is 3.15. The van der Waals surface area contributed by atoms with Gasteiger partial charge in [-0.15, -0.1) is 0 Å². The minimum Gasteiger partial charge on any atom is -0.395 e. The molecular formula is C12H19F2NO2. The summed E-state index contributed by atoms with van der Waals surface area (Å²) in [5.74, 6) is 0.643. The second-order valence-corrected chi connectivity index (χ2v) is 5.04. The summed E-state index contributed by atoms with van der Waals surface area (Å²) in [5, 5.41) is 8.82. The zero-order valence-electron chi connectivity index (χ0n) is 9.82. The van der Waals surface area contributed by atoms with Crippen LogP contribution in [0, 0.1) is 17.8 Å². The summed E-state index contributed by atoms with van der Waals surface area (Å²) in [5.41, 5.74) is 0. The smallest absolute Gasteiger partial charge is 0.255 e. The summed E-state index contributed by atoms with van der Waals surface area (Å²) in [6.07, 6.45) is 1.90. The van der Waals surface area contributed by atoms with Crippen molar-refractivity contribution < 1.29 is 18.7 Å². The van der Waals surface area contributed by atoms with Gasteiger partial charge in [0.15, 0.2) is 0 Å². The maximum atomic E-state index is 12.3. The zero-order valence-corrected chi connectivity index (χ0v) is 9.82. The van der Waals surface area contributed by atoms with Crippen molar-refractivity contribution in [2.75, 3.05) is 19.7 Å². The highest BCUT2D eigenvalue weighted by Gasteiger charge is 2.55. The quantitative estimate of drug-likeness (QED) is 0.800. The molecule has 98 valence electrons. The van der Waals surface area contributed by atoms with E-state index in [1.165, 1.54) is 0 Å². The predicted octanol–water partition coefficient (Wildman–Crippen LogP) is 1.51. The summed E-state index contributed by atoms with van der Waals surface area (Å²) in [7, 11) is 0. The van der Waals surface area contributed by atoms with Crippen LogP contribution in [0.1, 0.15) is 25.7 Å². The van der Waals surface area contributed by atoms with Crippen molar-refractivity contribution in [1.29, 1.82) is 0 Å². The lowest BCUT2D eigenvalue weighted by atomic mass is 10.0. The van der Waals surface area contributed by atoms with Gasteiger partial charge in [-0.3, -0.25) is 4.79 Å². The highest BCUT2D eigenvalue weighted by atomic mass is 19.3. The number of hydrogen-bond donors (Lipinski definition) is 1. The zero-order chi connectivity index (χ0) is 12.4. The standard InChI is InChI=1S/C12H19F2NO2/c13-10(14)7-15(5-6-16)12(17)11-8-3-1-2-4-9(8)11/h8-11,16H,1-7H2. The number of aliphatic hydroxyl groups excluding tert-OH is 1. The van der Waals surface area contributed by atoms with E-state index in [1.54, 1.807) is 0 Å². The Kier molecular flexibility index (Phi) is 3.97. The molecule has 2 unspecified atom stereocenters. The average molecular weight is 247 g/mol. The molecule has 0 aliphatic heterocycles. The highest BCUT2D eigenvalue weighted by Crippen LogP contribution is 2.56. The monoisotopic (exact) mass is 247 g/mol. The van der Waals surface area contributed by atoms with Crippen LogP contribution in [-0.2, 0) is 4.79 Å². The number of fused-ring (bicyclic) bond motifs is 1. The second kappa shape index (κ2) is 5.29. The molecule has 3 nitrogen and oxygen atoms in total. The molecule has 2 aliphatic carbocycles. The number of carbonyl (C=O) groups excluding carboxylic acids is 1. The van der Waals surface area contributed by atoms with E-state index in [-0.39, 0.29) is 25.0 Å². The number of rotatable bonds is 5. The van der Waals surface area contributed by atoms with E-state index in [0.717, 1.165) is 30.6 Å². The van der Waals surface area contributed by atoms with E-state index >= 15 is 0 Å². The molecule has 0 radical (unpaired) electrons. The molecule has 2 fully saturated rings. The first-order valence-corrected chi connectivity index (χ1v) is 6.33.